The summed E-state index contributed by atoms with van der Waals surface area (Å²) in [6, 6.07) is 25.0. The van der Waals surface area contributed by atoms with E-state index in [1.165, 1.54) is 19.4 Å². The minimum atomic E-state index is -0.167. The highest BCUT2D eigenvalue weighted by molar-refractivity contribution is 9.08. The summed E-state index contributed by atoms with van der Waals surface area (Å²) in [7, 11) is 0. The summed E-state index contributed by atoms with van der Waals surface area (Å²) in [5.41, 5.74) is 3.44. The fourth-order valence-electron chi connectivity index (χ4n) is 2.52. The average Bonchev–Trinajstić information content (AvgIpc) is 2.73. The molecule has 0 unspecified atom stereocenters. The molecule has 3 aromatic carbocycles. The maximum Gasteiger partial charge on any atom is 0.221 e. The zero-order valence-electron chi connectivity index (χ0n) is 16.5. The van der Waals surface area contributed by atoms with Crippen LogP contribution in [0.4, 0.5) is 5.69 Å². The van der Waals surface area contributed by atoms with Gasteiger partial charge in [-0.05, 0) is 30.2 Å². The maximum absolute atomic E-state index is 11.6. The number of hydrogen-bond acceptors (Lipinski definition) is 3. The first kappa shape index (κ1) is 22.4. The number of rotatable bonds is 6. The highest BCUT2D eigenvalue weighted by Crippen LogP contribution is 2.25. The molecule has 0 saturated heterocycles. The van der Waals surface area contributed by atoms with Gasteiger partial charge in [-0.25, -0.2) is 0 Å². The maximum atomic E-state index is 11.6. The molecular formula is C24H24BrNO3. The van der Waals surface area contributed by atoms with Gasteiger partial charge in [-0.3, -0.25) is 9.59 Å². The summed E-state index contributed by atoms with van der Waals surface area (Å²) in [6.45, 7) is 3.29. The Hall–Kier alpha value is -2.92. The average molecular weight is 454 g/mol. The molecule has 29 heavy (non-hydrogen) atoms. The summed E-state index contributed by atoms with van der Waals surface area (Å²) in [5.74, 6) is 0.227. The second-order valence-corrected chi connectivity index (χ2v) is 6.90. The predicted molar refractivity (Wildman–Crippen MR) is 121 cm³/mol. The second kappa shape index (κ2) is 11.8. The van der Waals surface area contributed by atoms with E-state index in [1.807, 2.05) is 48.5 Å². The number of halogens is 1. The van der Waals surface area contributed by atoms with Crippen molar-refractivity contribution >= 4 is 33.3 Å². The van der Waals surface area contributed by atoms with Gasteiger partial charge < -0.3 is 10.1 Å². The van der Waals surface area contributed by atoms with Crippen LogP contribution in [0, 0.1) is 0 Å². The van der Waals surface area contributed by atoms with Gasteiger partial charge in [0, 0.05) is 24.0 Å². The molecule has 4 nitrogen and oxygen atoms in total. The van der Waals surface area contributed by atoms with Crippen molar-refractivity contribution in [2.45, 2.75) is 25.8 Å². The summed E-state index contributed by atoms with van der Waals surface area (Å²) in [6.07, 6.45) is 0. The largest absolute Gasteiger partial charge is 0.488 e. The Balaban J connectivity index is 0.000000313. The zero-order valence-corrected chi connectivity index (χ0v) is 18.1. The molecule has 1 amide bonds. The monoisotopic (exact) mass is 453 g/mol. The van der Waals surface area contributed by atoms with Crippen molar-refractivity contribution in [3.05, 3.63) is 95.6 Å². The van der Waals surface area contributed by atoms with E-state index in [0.717, 1.165) is 10.9 Å². The number of anilines is 1. The molecule has 1 N–H and O–H groups in total. The van der Waals surface area contributed by atoms with Crippen LogP contribution in [0.25, 0.3) is 0 Å². The highest BCUT2D eigenvalue weighted by atomic mass is 79.9. The van der Waals surface area contributed by atoms with Gasteiger partial charge in [0.1, 0.15) is 12.4 Å². The van der Waals surface area contributed by atoms with Gasteiger partial charge in [0.25, 0.3) is 0 Å². The minimum absolute atomic E-state index is 0.0764. The number of Topliss-reactive ketones (excluding diaryl/α,β-unsaturated/α-hetero) is 1. The summed E-state index contributed by atoms with van der Waals surface area (Å²) in [4.78, 5) is 22.7. The quantitative estimate of drug-likeness (QED) is 0.367. The molecule has 0 aliphatic rings. The number of alkyl halides is 1. The van der Waals surface area contributed by atoms with Gasteiger partial charge in [-0.15, -0.1) is 0 Å². The van der Waals surface area contributed by atoms with Crippen LogP contribution in [0.3, 0.4) is 0 Å². The van der Waals surface area contributed by atoms with Gasteiger partial charge in [0.15, 0.2) is 5.78 Å². The summed E-state index contributed by atoms with van der Waals surface area (Å²) in [5, 5.41) is 3.63. The van der Waals surface area contributed by atoms with Gasteiger partial charge in [-0.1, -0.05) is 76.6 Å². The summed E-state index contributed by atoms with van der Waals surface area (Å²) < 4.78 is 5.73. The molecule has 0 heterocycles. The van der Waals surface area contributed by atoms with Crippen LogP contribution in [0.1, 0.15) is 35.3 Å². The molecule has 5 heteroatoms. The zero-order chi connectivity index (χ0) is 21.1. The SMILES string of the molecule is BrCc1ccccc1.CC(=O)Nc1ccc(C(C)=O)c(OCc2ccccc2)c1. The van der Waals surface area contributed by atoms with E-state index in [4.69, 9.17) is 4.74 Å². The van der Waals surface area contributed by atoms with E-state index in [9.17, 15) is 9.59 Å². The summed E-state index contributed by atoms with van der Waals surface area (Å²) >= 11 is 3.36. The van der Waals surface area contributed by atoms with E-state index in [1.54, 1.807) is 18.2 Å². The third kappa shape index (κ3) is 7.92. The number of carbonyl (C=O) groups is 2. The van der Waals surface area contributed by atoms with Crippen LogP contribution in [-0.4, -0.2) is 11.7 Å². The number of ether oxygens (including phenoxy) is 1. The smallest absolute Gasteiger partial charge is 0.221 e. The first-order valence-electron chi connectivity index (χ1n) is 9.18. The molecule has 0 spiro atoms. The number of amides is 1. The van der Waals surface area contributed by atoms with Gasteiger partial charge in [0.05, 0.1) is 5.56 Å². The minimum Gasteiger partial charge on any atom is -0.488 e. The Labute approximate surface area is 180 Å². The molecule has 0 aliphatic heterocycles. The van der Waals surface area contributed by atoms with Crippen molar-refractivity contribution < 1.29 is 14.3 Å². The van der Waals surface area contributed by atoms with Crippen molar-refractivity contribution in [1.29, 1.82) is 0 Å². The van der Waals surface area contributed by atoms with Crippen molar-refractivity contribution in [3.63, 3.8) is 0 Å². The van der Waals surface area contributed by atoms with Gasteiger partial charge in [-0.2, -0.15) is 0 Å². The van der Waals surface area contributed by atoms with Crippen LogP contribution in [0.15, 0.2) is 78.9 Å². The van der Waals surface area contributed by atoms with Crippen LogP contribution in [0.5, 0.6) is 5.75 Å². The standard InChI is InChI=1S/C17H17NO3.C7H7Br/c1-12(19)16-9-8-15(18-13(2)20)10-17(16)21-11-14-6-4-3-5-7-14;8-6-7-4-2-1-3-5-7/h3-10H,11H2,1-2H3,(H,18,20);1-5H,6H2. The Morgan fingerprint density at radius 1 is 0.862 bits per heavy atom. The lowest BCUT2D eigenvalue weighted by Gasteiger charge is -2.12. The molecule has 3 rings (SSSR count). The van der Waals surface area contributed by atoms with E-state index in [2.05, 4.69) is 33.4 Å². The lowest BCUT2D eigenvalue weighted by molar-refractivity contribution is -0.114. The number of nitrogens with one attached hydrogen (secondary N) is 1. The van der Waals surface area contributed by atoms with E-state index >= 15 is 0 Å². The molecule has 0 bridgehead atoms. The Morgan fingerprint density at radius 3 is 1.93 bits per heavy atom. The van der Waals surface area contributed by atoms with Crippen molar-refractivity contribution in [1.82, 2.24) is 0 Å². The van der Waals surface area contributed by atoms with Crippen LogP contribution in [0.2, 0.25) is 0 Å². The van der Waals surface area contributed by atoms with E-state index in [0.29, 0.717) is 23.6 Å². The molecular weight excluding hydrogens is 430 g/mol. The Morgan fingerprint density at radius 2 is 1.45 bits per heavy atom. The lowest BCUT2D eigenvalue weighted by Crippen LogP contribution is -2.07. The first-order chi connectivity index (χ1) is 14.0. The first-order valence-corrected chi connectivity index (χ1v) is 10.3. The van der Waals surface area contributed by atoms with Crippen molar-refractivity contribution in [2.75, 3.05) is 5.32 Å². The number of carbonyl (C=O) groups excluding carboxylic acids is 2. The lowest BCUT2D eigenvalue weighted by atomic mass is 10.1. The van der Waals surface area contributed by atoms with Crippen molar-refractivity contribution in [3.8, 4) is 5.75 Å². The molecule has 0 saturated carbocycles. The normalized spacial score (nSPS) is 9.76. The molecule has 150 valence electrons. The predicted octanol–water partition coefficient (Wildman–Crippen LogP) is 6.01. The molecule has 0 fully saturated rings. The van der Waals surface area contributed by atoms with Crippen LogP contribution < -0.4 is 10.1 Å². The fraction of sp³-hybridized carbons (Fsp3) is 0.167. The number of ketones is 1. The molecule has 3 aromatic rings. The van der Waals surface area contributed by atoms with Crippen LogP contribution >= 0.6 is 15.9 Å². The van der Waals surface area contributed by atoms with Crippen LogP contribution in [-0.2, 0) is 16.7 Å². The molecule has 0 atom stereocenters. The van der Waals surface area contributed by atoms with Gasteiger partial charge in [0.2, 0.25) is 5.91 Å². The van der Waals surface area contributed by atoms with E-state index in [-0.39, 0.29) is 11.7 Å². The third-order valence-corrected chi connectivity index (χ3v) is 4.56. The molecule has 0 radical (unpaired) electrons. The number of hydrogen-bond donors (Lipinski definition) is 1. The topological polar surface area (TPSA) is 55.4 Å². The third-order valence-electron chi connectivity index (χ3n) is 3.92. The second-order valence-electron chi connectivity index (χ2n) is 6.34. The number of benzene rings is 3. The van der Waals surface area contributed by atoms with Gasteiger partial charge >= 0.3 is 0 Å². The Bertz CT molecular complexity index is 927. The molecule has 0 aromatic heterocycles. The van der Waals surface area contributed by atoms with Crippen molar-refractivity contribution in [2.24, 2.45) is 0 Å². The fourth-order valence-corrected chi connectivity index (χ4v) is 2.89. The molecule has 0 aliphatic carbocycles. The Kier molecular flexibility index (Phi) is 9.12. The highest BCUT2D eigenvalue weighted by Gasteiger charge is 2.10. The van der Waals surface area contributed by atoms with E-state index < -0.39 is 0 Å².